The number of nitrogens with zero attached hydrogens (tertiary/aromatic N) is 1. The fourth-order valence-corrected chi connectivity index (χ4v) is 2.68. The van der Waals surface area contributed by atoms with Crippen LogP contribution in [0.2, 0.25) is 0 Å². The summed E-state index contributed by atoms with van der Waals surface area (Å²) in [5, 5.41) is 0. The van der Waals surface area contributed by atoms with Crippen LogP contribution in [0.15, 0.2) is 12.1 Å². The molecule has 0 bridgehead atoms. The smallest absolute Gasteiger partial charge is 0.161 e. The molecule has 2 aliphatic rings. The third-order valence-corrected chi connectivity index (χ3v) is 3.84. The molecule has 2 aliphatic heterocycles. The van der Waals surface area contributed by atoms with Gasteiger partial charge >= 0.3 is 0 Å². The largest absolute Gasteiger partial charge is 0.490 e. The van der Waals surface area contributed by atoms with Gasteiger partial charge in [0.1, 0.15) is 0 Å². The van der Waals surface area contributed by atoms with Crippen molar-refractivity contribution in [2.75, 3.05) is 19.8 Å². The van der Waals surface area contributed by atoms with E-state index in [1.54, 1.807) is 0 Å². The van der Waals surface area contributed by atoms with Crippen LogP contribution in [0, 0.1) is 0 Å². The lowest BCUT2D eigenvalue weighted by molar-refractivity contribution is 0.202. The van der Waals surface area contributed by atoms with E-state index in [2.05, 4.69) is 30.9 Å². The van der Waals surface area contributed by atoms with Crippen molar-refractivity contribution >= 4 is 0 Å². The number of rotatable bonds is 1. The van der Waals surface area contributed by atoms with E-state index in [0.29, 0.717) is 6.04 Å². The molecule has 3 rings (SSSR count). The summed E-state index contributed by atoms with van der Waals surface area (Å²) in [5.41, 5.74) is 2.83. The maximum atomic E-state index is 5.77. The molecule has 1 aromatic carbocycles. The Hall–Kier alpha value is -1.22. The second kappa shape index (κ2) is 4.81. The lowest BCUT2D eigenvalue weighted by atomic mass is 9.98. The first-order valence-electron chi connectivity index (χ1n) is 6.89. The monoisotopic (exact) mass is 247 g/mol. The molecule has 3 nitrogen and oxygen atoms in total. The minimum Gasteiger partial charge on any atom is -0.490 e. The van der Waals surface area contributed by atoms with Crippen molar-refractivity contribution in [1.29, 1.82) is 0 Å². The summed E-state index contributed by atoms with van der Waals surface area (Å²) in [6.45, 7) is 8.22. The minimum absolute atomic E-state index is 0.606. The number of benzene rings is 1. The first-order valence-corrected chi connectivity index (χ1v) is 6.89. The molecule has 18 heavy (non-hydrogen) atoms. The fraction of sp³-hybridized carbons (Fsp3) is 0.600. The molecule has 0 spiro atoms. The quantitative estimate of drug-likeness (QED) is 0.761. The number of hydrogen-bond acceptors (Lipinski definition) is 3. The van der Waals surface area contributed by atoms with E-state index in [0.717, 1.165) is 50.6 Å². The third-order valence-electron chi connectivity index (χ3n) is 3.84. The molecule has 0 aliphatic carbocycles. The lowest BCUT2D eigenvalue weighted by Gasteiger charge is -2.32. The van der Waals surface area contributed by atoms with Crippen LogP contribution >= 0.6 is 0 Å². The van der Waals surface area contributed by atoms with Gasteiger partial charge in [0.05, 0.1) is 13.2 Å². The zero-order chi connectivity index (χ0) is 12.5. The maximum absolute atomic E-state index is 5.77. The van der Waals surface area contributed by atoms with Crippen LogP contribution in [0.3, 0.4) is 0 Å². The summed E-state index contributed by atoms with van der Waals surface area (Å²) >= 11 is 0. The zero-order valence-corrected chi connectivity index (χ0v) is 11.2. The average molecular weight is 247 g/mol. The van der Waals surface area contributed by atoms with Crippen LogP contribution in [-0.2, 0) is 13.0 Å². The minimum atomic E-state index is 0.606. The van der Waals surface area contributed by atoms with Gasteiger partial charge in [-0.25, -0.2) is 0 Å². The summed E-state index contributed by atoms with van der Waals surface area (Å²) in [4.78, 5) is 2.51. The van der Waals surface area contributed by atoms with E-state index in [-0.39, 0.29) is 0 Å². The van der Waals surface area contributed by atoms with E-state index < -0.39 is 0 Å². The van der Waals surface area contributed by atoms with Crippen molar-refractivity contribution in [3.8, 4) is 11.5 Å². The Kier molecular flexibility index (Phi) is 3.16. The average Bonchev–Trinajstić information content (AvgIpc) is 2.59. The standard InChI is InChI=1S/C15H21NO2/c1-11(2)16-5-4-12-8-14-15(9-13(12)10-16)18-7-3-6-17-14/h8-9,11H,3-7,10H2,1-2H3. The molecule has 0 amide bonds. The van der Waals surface area contributed by atoms with E-state index >= 15 is 0 Å². The van der Waals surface area contributed by atoms with Gasteiger partial charge in [0.15, 0.2) is 11.5 Å². The van der Waals surface area contributed by atoms with E-state index in [9.17, 15) is 0 Å². The van der Waals surface area contributed by atoms with Gasteiger partial charge in [-0.3, -0.25) is 4.90 Å². The molecule has 0 saturated heterocycles. The molecule has 98 valence electrons. The highest BCUT2D eigenvalue weighted by Crippen LogP contribution is 2.35. The Morgan fingerprint density at radius 3 is 2.39 bits per heavy atom. The molecule has 1 aromatic rings. The van der Waals surface area contributed by atoms with Crippen molar-refractivity contribution in [1.82, 2.24) is 4.90 Å². The van der Waals surface area contributed by atoms with Crippen LogP contribution in [0.25, 0.3) is 0 Å². The van der Waals surface area contributed by atoms with Gasteiger partial charge < -0.3 is 9.47 Å². The Bertz CT molecular complexity index is 442. The van der Waals surface area contributed by atoms with Gasteiger partial charge in [-0.05, 0) is 43.5 Å². The van der Waals surface area contributed by atoms with Crippen molar-refractivity contribution in [2.24, 2.45) is 0 Å². The summed E-state index contributed by atoms with van der Waals surface area (Å²) in [5.74, 6) is 1.86. The molecule has 0 N–H and O–H groups in total. The molecule has 0 saturated carbocycles. The van der Waals surface area contributed by atoms with Crippen LogP contribution in [-0.4, -0.2) is 30.7 Å². The Balaban J connectivity index is 1.91. The number of ether oxygens (including phenoxy) is 2. The molecule has 0 fully saturated rings. The van der Waals surface area contributed by atoms with Crippen molar-refractivity contribution in [2.45, 2.75) is 39.3 Å². The van der Waals surface area contributed by atoms with Crippen LogP contribution in [0.5, 0.6) is 11.5 Å². The predicted molar refractivity (Wildman–Crippen MR) is 71.3 cm³/mol. The topological polar surface area (TPSA) is 21.7 Å². The van der Waals surface area contributed by atoms with Crippen molar-refractivity contribution in [3.63, 3.8) is 0 Å². The zero-order valence-electron chi connectivity index (χ0n) is 11.2. The Morgan fingerprint density at radius 2 is 1.72 bits per heavy atom. The van der Waals surface area contributed by atoms with E-state index in [1.807, 2.05) is 0 Å². The summed E-state index contributed by atoms with van der Waals surface area (Å²) in [6.07, 6.45) is 2.08. The molecule has 2 heterocycles. The van der Waals surface area contributed by atoms with Gasteiger partial charge in [0, 0.05) is 25.6 Å². The van der Waals surface area contributed by atoms with Crippen molar-refractivity contribution in [3.05, 3.63) is 23.3 Å². The number of fused-ring (bicyclic) bond motifs is 2. The van der Waals surface area contributed by atoms with Gasteiger partial charge in [0.25, 0.3) is 0 Å². The summed E-state index contributed by atoms with van der Waals surface area (Å²) in [6, 6.07) is 4.98. The van der Waals surface area contributed by atoms with E-state index in [4.69, 9.17) is 9.47 Å². The van der Waals surface area contributed by atoms with Gasteiger partial charge in [0.2, 0.25) is 0 Å². The van der Waals surface area contributed by atoms with Crippen LogP contribution in [0.4, 0.5) is 0 Å². The highest BCUT2D eigenvalue weighted by molar-refractivity contribution is 5.48. The van der Waals surface area contributed by atoms with E-state index in [1.165, 1.54) is 11.1 Å². The molecule has 3 heteroatoms. The van der Waals surface area contributed by atoms with Crippen molar-refractivity contribution < 1.29 is 9.47 Å². The highest BCUT2D eigenvalue weighted by Gasteiger charge is 2.21. The normalized spacial score (nSPS) is 19.5. The highest BCUT2D eigenvalue weighted by atomic mass is 16.5. The maximum Gasteiger partial charge on any atom is 0.161 e. The lowest BCUT2D eigenvalue weighted by Crippen LogP contribution is -2.35. The summed E-state index contributed by atoms with van der Waals surface area (Å²) < 4.78 is 11.5. The number of hydrogen-bond donors (Lipinski definition) is 0. The first-order chi connectivity index (χ1) is 8.74. The Labute approximate surface area is 109 Å². The third kappa shape index (κ3) is 2.19. The molecule has 0 radical (unpaired) electrons. The predicted octanol–water partition coefficient (Wildman–Crippen LogP) is 2.61. The van der Waals surface area contributed by atoms with Crippen LogP contribution in [0.1, 0.15) is 31.4 Å². The molecule has 0 atom stereocenters. The summed E-state index contributed by atoms with van der Waals surface area (Å²) in [7, 11) is 0. The van der Waals surface area contributed by atoms with Gasteiger partial charge in [-0.2, -0.15) is 0 Å². The second-order valence-electron chi connectivity index (χ2n) is 5.43. The van der Waals surface area contributed by atoms with Gasteiger partial charge in [-0.15, -0.1) is 0 Å². The van der Waals surface area contributed by atoms with Crippen LogP contribution < -0.4 is 9.47 Å². The van der Waals surface area contributed by atoms with Gasteiger partial charge in [-0.1, -0.05) is 0 Å². The molecule has 0 unspecified atom stereocenters. The molecule has 0 aromatic heterocycles. The molecular weight excluding hydrogens is 226 g/mol. The SMILES string of the molecule is CC(C)N1CCc2cc3c(cc2C1)OCCCO3. The molecular formula is C15H21NO2. The Morgan fingerprint density at radius 1 is 1.06 bits per heavy atom. The second-order valence-corrected chi connectivity index (χ2v) is 5.43. The fourth-order valence-electron chi connectivity index (χ4n) is 2.68. The first kappa shape index (κ1) is 11.8.